The van der Waals surface area contributed by atoms with Crippen molar-refractivity contribution in [2.45, 2.75) is 6.92 Å². The lowest BCUT2D eigenvalue weighted by atomic mass is 10.1. The molecule has 3 rings (SSSR count). The molecule has 0 radical (unpaired) electrons. The van der Waals surface area contributed by atoms with E-state index in [0.29, 0.717) is 5.56 Å². The third-order valence-electron chi connectivity index (χ3n) is 3.42. The molecule has 0 unspecified atom stereocenters. The summed E-state index contributed by atoms with van der Waals surface area (Å²) >= 11 is 1.59. The van der Waals surface area contributed by atoms with Crippen LogP contribution < -0.4 is 10.1 Å². The van der Waals surface area contributed by atoms with Gasteiger partial charge in [-0.3, -0.25) is 4.79 Å². The highest BCUT2D eigenvalue weighted by atomic mass is 32.1. The van der Waals surface area contributed by atoms with E-state index < -0.39 is 0 Å². The molecule has 0 saturated heterocycles. The van der Waals surface area contributed by atoms with Crippen LogP contribution in [0.2, 0.25) is 0 Å². The molecule has 1 N–H and O–H groups in total. The van der Waals surface area contributed by atoms with Crippen LogP contribution in [0.1, 0.15) is 15.4 Å². The molecule has 0 aliphatic carbocycles. The zero-order chi connectivity index (χ0) is 16.2. The lowest BCUT2D eigenvalue weighted by Crippen LogP contribution is -2.12. The van der Waals surface area contributed by atoms with Crippen molar-refractivity contribution in [2.75, 3.05) is 12.4 Å². The number of benzene rings is 2. The summed E-state index contributed by atoms with van der Waals surface area (Å²) in [5, 5.41) is 5.95. The largest absolute Gasteiger partial charge is 0.497 e. The van der Waals surface area contributed by atoms with Gasteiger partial charge in [0.05, 0.1) is 23.5 Å². The number of rotatable bonds is 4. The van der Waals surface area contributed by atoms with E-state index in [-0.39, 0.29) is 5.91 Å². The summed E-state index contributed by atoms with van der Waals surface area (Å²) in [4.78, 5) is 16.9. The number of hydrogen-bond donors (Lipinski definition) is 1. The third kappa shape index (κ3) is 3.40. The average Bonchev–Trinajstić information content (AvgIpc) is 3.01. The number of carbonyl (C=O) groups excluding carboxylic acids is 1. The molecular weight excluding hydrogens is 308 g/mol. The molecule has 116 valence electrons. The monoisotopic (exact) mass is 324 g/mol. The first-order valence-electron chi connectivity index (χ1n) is 7.14. The molecule has 0 spiro atoms. The van der Waals surface area contributed by atoms with E-state index in [0.717, 1.165) is 27.7 Å². The van der Waals surface area contributed by atoms with Crippen LogP contribution >= 0.6 is 11.3 Å². The zero-order valence-electron chi connectivity index (χ0n) is 12.9. The summed E-state index contributed by atoms with van der Waals surface area (Å²) in [6.07, 6.45) is 0. The number of methoxy groups -OCH3 is 1. The molecule has 3 aromatic rings. The molecule has 5 heteroatoms. The summed E-state index contributed by atoms with van der Waals surface area (Å²) in [6.45, 7) is 1.96. The molecule has 2 aromatic carbocycles. The maximum absolute atomic E-state index is 12.4. The first kappa shape index (κ1) is 15.2. The van der Waals surface area contributed by atoms with Gasteiger partial charge in [0.1, 0.15) is 5.75 Å². The van der Waals surface area contributed by atoms with E-state index in [9.17, 15) is 4.79 Å². The minimum atomic E-state index is -0.160. The molecule has 0 bridgehead atoms. The highest BCUT2D eigenvalue weighted by molar-refractivity contribution is 7.09. The number of amides is 1. The molecule has 1 aromatic heterocycles. The predicted molar refractivity (Wildman–Crippen MR) is 93.2 cm³/mol. The number of ether oxygens (including phenoxy) is 1. The SMILES string of the molecule is COc1ccc(C(=O)Nc2ccccc2-c2csc(C)n2)cc1. The number of aryl methyl sites for hydroxylation is 1. The molecule has 0 aliphatic heterocycles. The maximum atomic E-state index is 12.4. The van der Waals surface area contributed by atoms with Crippen molar-refractivity contribution >= 4 is 22.9 Å². The van der Waals surface area contributed by atoms with Crippen molar-refractivity contribution in [3.8, 4) is 17.0 Å². The predicted octanol–water partition coefficient (Wildman–Crippen LogP) is 4.38. The van der Waals surface area contributed by atoms with Crippen molar-refractivity contribution in [2.24, 2.45) is 0 Å². The van der Waals surface area contributed by atoms with Crippen LogP contribution in [0.5, 0.6) is 5.75 Å². The van der Waals surface area contributed by atoms with Gasteiger partial charge in [0.2, 0.25) is 0 Å². The number of aromatic nitrogens is 1. The lowest BCUT2D eigenvalue weighted by molar-refractivity contribution is 0.102. The molecule has 0 aliphatic rings. The van der Waals surface area contributed by atoms with Crippen molar-refractivity contribution in [1.29, 1.82) is 0 Å². The van der Waals surface area contributed by atoms with Gasteiger partial charge in [0.25, 0.3) is 5.91 Å². The van der Waals surface area contributed by atoms with Gasteiger partial charge in [-0.05, 0) is 37.3 Å². The smallest absolute Gasteiger partial charge is 0.255 e. The Hall–Kier alpha value is -2.66. The fourth-order valence-corrected chi connectivity index (χ4v) is 2.85. The fraction of sp³-hybridized carbons (Fsp3) is 0.111. The molecule has 0 saturated carbocycles. The molecule has 0 atom stereocenters. The first-order valence-corrected chi connectivity index (χ1v) is 8.02. The highest BCUT2D eigenvalue weighted by Gasteiger charge is 2.12. The van der Waals surface area contributed by atoms with E-state index in [4.69, 9.17) is 4.74 Å². The van der Waals surface area contributed by atoms with Gasteiger partial charge < -0.3 is 10.1 Å². The van der Waals surface area contributed by atoms with Gasteiger partial charge in [-0.25, -0.2) is 4.98 Å². The molecule has 1 amide bonds. The number of para-hydroxylation sites is 1. The van der Waals surface area contributed by atoms with Crippen molar-refractivity contribution in [3.05, 3.63) is 64.5 Å². The van der Waals surface area contributed by atoms with Gasteiger partial charge in [0.15, 0.2) is 0 Å². The Kier molecular flexibility index (Phi) is 4.39. The molecule has 4 nitrogen and oxygen atoms in total. The number of thiazole rings is 1. The number of nitrogens with zero attached hydrogens (tertiary/aromatic N) is 1. The van der Waals surface area contributed by atoms with Crippen LogP contribution in [0.25, 0.3) is 11.3 Å². The average molecular weight is 324 g/mol. The minimum absolute atomic E-state index is 0.160. The number of carbonyl (C=O) groups is 1. The number of hydrogen-bond acceptors (Lipinski definition) is 4. The van der Waals surface area contributed by atoms with Crippen LogP contribution in [-0.4, -0.2) is 18.0 Å². The van der Waals surface area contributed by atoms with Crippen LogP contribution in [0, 0.1) is 6.92 Å². The molecular formula is C18H16N2O2S. The summed E-state index contributed by atoms with van der Waals surface area (Å²) in [7, 11) is 1.60. The van der Waals surface area contributed by atoms with Gasteiger partial charge in [-0.2, -0.15) is 0 Å². The Balaban J connectivity index is 1.86. The Labute approximate surface area is 138 Å². The van der Waals surface area contributed by atoms with Gasteiger partial charge in [0, 0.05) is 16.5 Å². The minimum Gasteiger partial charge on any atom is -0.497 e. The standard InChI is InChI=1S/C18H16N2O2S/c1-12-19-17(11-23-12)15-5-3-4-6-16(15)20-18(21)13-7-9-14(22-2)10-8-13/h3-11H,1-2H3,(H,20,21). The van der Waals surface area contributed by atoms with Crippen molar-refractivity contribution in [1.82, 2.24) is 4.98 Å². The van der Waals surface area contributed by atoms with Crippen molar-refractivity contribution < 1.29 is 9.53 Å². The Bertz CT molecular complexity index is 825. The van der Waals surface area contributed by atoms with Crippen LogP contribution in [0.15, 0.2) is 53.9 Å². The highest BCUT2D eigenvalue weighted by Crippen LogP contribution is 2.29. The van der Waals surface area contributed by atoms with Gasteiger partial charge in [-0.1, -0.05) is 18.2 Å². The summed E-state index contributed by atoms with van der Waals surface area (Å²) in [5.74, 6) is 0.562. The molecule has 1 heterocycles. The first-order chi connectivity index (χ1) is 11.2. The maximum Gasteiger partial charge on any atom is 0.255 e. The Morgan fingerprint density at radius 2 is 1.87 bits per heavy atom. The van der Waals surface area contributed by atoms with E-state index >= 15 is 0 Å². The Morgan fingerprint density at radius 3 is 2.52 bits per heavy atom. The van der Waals surface area contributed by atoms with E-state index in [1.54, 1.807) is 42.7 Å². The summed E-state index contributed by atoms with van der Waals surface area (Å²) in [5.41, 5.74) is 3.12. The lowest BCUT2D eigenvalue weighted by Gasteiger charge is -2.10. The van der Waals surface area contributed by atoms with Gasteiger partial charge in [-0.15, -0.1) is 11.3 Å². The quantitative estimate of drug-likeness (QED) is 0.775. The second-order valence-corrected chi connectivity index (χ2v) is 6.04. The fourth-order valence-electron chi connectivity index (χ4n) is 2.24. The number of nitrogens with one attached hydrogen (secondary N) is 1. The molecule has 23 heavy (non-hydrogen) atoms. The molecule has 0 fully saturated rings. The van der Waals surface area contributed by atoms with Crippen LogP contribution in [-0.2, 0) is 0 Å². The Morgan fingerprint density at radius 1 is 1.13 bits per heavy atom. The van der Waals surface area contributed by atoms with Crippen molar-refractivity contribution in [3.63, 3.8) is 0 Å². The zero-order valence-corrected chi connectivity index (χ0v) is 13.7. The van der Waals surface area contributed by atoms with E-state index in [1.807, 2.05) is 36.6 Å². The van der Waals surface area contributed by atoms with E-state index in [1.165, 1.54) is 0 Å². The second kappa shape index (κ2) is 6.62. The van der Waals surface area contributed by atoms with Crippen LogP contribution in [0.4, 0.5) is 5.69 Å². The summed E-state index contributed by atoms with van der Waals surface area (Å²) < 4.78 is 5.11. The normalized spacial score (nSPS) is 10.3. The van der Waals surface area contributed by atoms with Crippen LogP contribution in [0.3, 0.4) is 0 Å². The van der Waals surface area contributed by atoms with Gasteiger partial charge >= 0.3 is 0 Å². The van der Waals surface area contributed by atoms with E-state index in [2.05, 4.69) is 10.3 Å². The third-order valence-corrected chi connectivity index (χ3v) is 4.20. The topological polar surface area (TPSA) is 51.2 Å². The second-order valence-electron chi connectivity index (χ2n) is 4.98. The number of anilines is 1. The summed E-state index contributed by atoms with van der Waals surface area (Å²) in [6, 6.07) is 14.7.